The fourth-order valence-corrected chi connectivity index (χ4v) is 1.40. The topological polar surface area (TPSA) is 133 Å². The van der Waals surface area contributed by atoms with Crippen LogP contribution in [0, 0.1) is 0 Å². The molecule has 0 spiro atoms. The van der Waals surface area contributed by atoms with E-state index in [-0.39, 0.29) is 13.1 Å². The Hall–Kier alpha value is -2.09. The molecule has 0 aliphatic rings. The Labute approximate surface area is 98.3 Å². The second kappa shape index (κ2) is 5.85. The van der Waals surface area contributed by atoms with Crippen molar-refractivity contribution in [3.05, 3.63) is 12.4 Å². The smallest absolute Gasteiger partial charge is 0.231 e. The second-order valence-corrected chi connectivity index (χ2v) is 3.68. The van der Waals surface area contributed by atoms with Gasteiger partial charge < -0.3 is 17.2 Å². The zero-order valence-corrected chi connectivity index (χ0v) is 9.37. The van der Waals surface area contributed by atoms with E-state index >= 15 is 0 Å². The van der Waals surface area contributed by atoms with Crippen molar-refractivity contribution in [1.29, 1.82) is 0 Å². The van der Waals surface area contributed by atoms with Gasteiger partial charge in [0.2, 0.25) is 11.8 Å². The third kappa shape index (κ3) is 4.98. The van der Waals surface area contributed by atoms with E-state index in [0.717, 1.165) is 0 Å². The number of nitrogens with zero attached hydrogens (tertiary/aromatic N) is 3. The van der Waals surface area contributed by atoms with Crippen LogP contribution < -0.4 is 17.2 Å². The fraction of sp³-hybridized carbons (Fsp3) is 0.444. The maximum absolute atomic E-state index is 10.8. The molecule has 1 heterocycles. The summed E-state index contributed by atoms with van der Waals surface area (Å²) >= 11 is 0. The standard InChI is InChI=1S/C9H16N6O2/c10-7-3-13-15(4-7)2-1-14(5-8(11)16)6-9(12)17/h3-4H,1-2,5-6,10H2,(H2,11,16)(H2,12,17). The summed E-state index contributed by atoms with van der Waals surface area (Å²) < 4.78 is 1.62. The van der Waals surface area contributed by atoms with Crippen molar-refractivity contribution in [2.45, 2.75) is 6.54 Å². The van der Waals surface area contributed by atoms with E-state index in [4.69, 9.17) is 17.2 Å². The molecule has 0 atom stereocenters. The molecule has 0 aromatic carbocycles. The first kappa shape index (κ1) is 13.0. The Bertz CT molecular complexity index is 386. The van der Waals surface area contributed by atoms with Crippen LogP contribution >= 0.6 is 0 Å². The van der Waals surface area contributed by atoms with E-state index in [0.29, 0.717) is 18.8 Å². The van der Waals surface area contributed by atoms with Crippen LogP contribution in [0.3, 0.4) is 0 Å². The molecule has 0 fully saturated rings. The highest BCUT2D eigenvalue weighted by atomic mass is 16.2. The third-order valence-electron chi connectivity index (χ3n) is 2.06. The van der Waals surface area contributed by atoms with Gasteiger partial charge in [0.15, 0.2) is 0 Å². The summed E-state index contributed by atoms with van der Waals surface area (Å²) in [6.45, 7) is 0.907. The lowest BCUT2D eigenvalue weighted by Gasteiger charge is -2.18. The van der Waals surface area contributed by atoms with Crippen LogP contribution in [-0.4, -0.2) is 46.1 Å². The number of hydrogen-bond donors (Lipinski definition) is 3. The molecule has 0 saturated heterocycles. The Morgan fingerprint density at radius 3 is 2.29 bits per heavy atom. The third-order valence-corrected chi connectivity index (χ3v) is 2.06. The average Bonchev–Trinajstić information content (AvgIpc) is 2.59. The second-order valence-electron chi connectivity index (χ2n) is 3.68. The van der Waals surface area contributed by atoms with Gasteiger partial charge in [-0.05, 0) is 0 Å². The number of aromatic nitrogens is 2. The number of hydrogen-bond acceptors (Lipinski definition) is 5. The SMILES string of the molecule is NC(=O)CN(CCn1cc(N)cn1)CC(N)=O. The maximum Gasteiger partial charge on any atom is 0.231 e. The van der Waals surface area contributed by atoms with Crippen molar-refractivity contribution in [2.75, 3.05) is 25.4 Å². The number of carbonyl (C=O) groups excluding carboxylic acids is 2. The minimum Gasteiger partial charge on any atom is -0.396 e. The zero-order chi connectivity index (χ0) is 12.8. The first-order chi connectivity index (χ1) is 7.97. The van der Waals surface area contributed by atoms with Gasteiger partial charge >= 0.3 is 0 Å². The quantitative estimate of drug-likeness (QED) is 0.494. The summed E-state index contributed by atoms with van der Waals surface area (Å²) in [5.41, 5.74) is 16.2. The molecule has 8 nitrogen and oxygen atoms in total. The molecule has 1 rings (SSSR count). The lowest BCUT2D eigenvalue weighted by molar-refractivity contribution is -0.121. The summed E-state index contributed by atoms with van der Waals surface area (Å²) in [7, 11) is 0. The molecule has 1 aromatic heterocycles. The van der Waals surface area contributed by atoms with E-state index in [1.54, 1.807) is 15.8 Å². The van der Waals surface area contributed by atoms with Crippen LogP contribution in [0.4, 0.5) is 5.69 Å². The minimum atomic E-state index is -0.508. The first-order valence-corrected chi connectivity index (χ1v) is 5.04. The Morgan fingerprint density at radius 2 is 1.88 bits per heavy atom. The molecular formula is C9H16N6O2. The largest absolute Gasteiger partial charge is 0.396 e. The highest BCUT2D eigenvalue weighted by Gasteiger charge is 2.11. The normalized spacial score (nSPS) is 10.6. The van der Waals surface area contributed by atoms with Crippen LogP contribution in [0.15, 0.2) is 12.4 Å². The van der Waals surface area contributed by atoms with Crippen molar-refractivity contribution in [2.24, 2.45) is 11.5 Å². The number of primary amides is 2. The van der Waals surface area contributed by atoms with Crippen molar-refractivity contribution >= 4 is 17.5 Å². The van der Waals surface area contributed by atoms with Crippen molar-refractivity contribution in [3.8, 4) is 0 Å². The van der Waals surface area contributed by atoms with Gasteiger partial charge in [0.25, 0.3) is 0 Å². The Balaban J connectivity index is 2.48. The molecule has 0 radical (unpaired) electrons. The van der Waals surface area contributed by atoms with Gasteiger partial charge in [-0.15, -0.1) is 0 Å². The molecule has 8 heteroatoms. The van der Waals surface area contributed by atoms with Gasteiger partial charge in [0.05, 0.1) is 31.5 Å². The molecule has 0 aliphatic carbocycles. The Kier molecular flexibility index (Phi) is 4.46. The highest BCUT2D eigenvalue weighted by Crippen LogP contribution is 1.98. The van der Waals surface area contributed by atoms with E-state index in [1.165, 1.54) is 6.20 Å². The summed E-state index contributed by atoms with van der Waals surface area (Å²) in [5, 5.41) is 3.98. The van der Waals surface area contributed by atoms with E-state index in [2.05, 4.69) is 5.10 Å². The number of nitrogens with two attached hydrogens (primary N) is 3. The monoisotopic (exact) mass is 240 g/mol. The van der Waals surface area contributed by atoms with Gasteiger partial charge in [-0.3, -0.25) is 19.2 Å². The van der Waals surface area contributed by atoms with Crippen molar-refractivity contribution in [1.82, 2.24) is 14.7 Å². The number of amides is 2. The van der Waals surface area contributed by atoms with Crippen LogP contribution in [0.1, 0.15) is 0 Å². The molecule has 1 aromatic rings. The predicted octanol–water partition coefficient (Wildman–Crippen LogP) is -2.26. The van der Waals surface area contributed by atoms with Crippen molar-refractivity contribution in [3.63, 3.8) is 0 Å². The summed E-state index contributed by atoms with van der Waals surface area (Å²) in [5.74, 6) is -1.02. The first-order valence-electron chi connectivity index (χ1n) is 5.04. The maximum atomic E-state index is 10.8. The molecule has 0 unspecified atom stereocenters. The summed E-state index contributed by atoms with van der Waals surface area (Å²) in [4.78, 5) is 23.1. The molecular weight excluding hydrogens is 224 g/mol. The highest BCUT2D eigenvalue weighted by molar-refractivity contribution is 5.79. The molecule has 17 heavy (non-hydrogen) atoms. The minimum absolute atomic E-state index is 0.0142. The molecule has 94 valence electrons. The average molecular weight is 240 g/mol. The van der Waals surface area contributed by atoms with E-state index < -0.39 is 11.8 Å². The lowest BCUT2D eigenvalue weighted by atomic mass is 10.4. The predicted molar refractivity (Wildman–Crippen MR) is 61.5 cm³/mol. The molecule has 2 amide bonds. The van der Waals surface area contributed by atoms with Gasteiger partial charge in [-0.1, -0.05) is 0 Å². The molecule has 6 N–H and O–H groups in total. The fourth-order valence-electron chi connectivity index (χ4n) is 1.40. The van der Waals surface area contributed by atoms with Crippen LogP contribution in [0.5, 0.6) is 0 Å². The van der Waals surface area contributed by atoms with Gasteiger partial charge in [-0.2, -0.15) is 5.10 Å². The summed E-state index contributed by atoms with van der Waals surface area (Å²) in [6, 6.07) is 0. The number of anilines is 1. The van der Waals surface area contributed by atoms with Crippen LogP contribution in [0.2, 0.25) is 0 Å². The molecule has 0 aliphatic heterocycles. The summed E-state index contributed by atoms with van der Waals surface area (Å²) in [6.07, 6.45) is 3.18. The number of rotatable bonds is 7. The number of nitrogen functional groups attached to an aromatic ring is 1. The van der Waals surface area contributed by atoms with E-state index in [9.17, 15) is 9.59 Å². The van der Waals surface area contributed by atoms with E-state index in [1.807, 2.05) is 0 Å². The van der Waals surface area contributed by atoms with Crippen LogP contribution in [-0.2, 0) is 16.1 Å². The van der Waals surface area contributed by atoms with Gasteiger partial charge in [0.1, 0.15) is 0 Å². The zero-order valence-electron chi connectivity index (χ0n) is 9.37. The Morgan fingerprint density at radius 1 is 1.29 bits per heavy atom. The van der Waals surface area contributed by atoms with Gasteiger partial charge in [-0.25, -0.2) is 0 Å². The van der Waals surface area contributed by atoms with Gasteiger partial charge in [0, 0.05) is 12.7 Å². The number of carbonyl (C=O) groups is 2. The van der Waals surface area contributed by atoms with Crippen LogP contribution in [0.25, 0.3) is 0 Å². The lowest BCUT2D eigenvalue weighted by Crippen LogP contribution is -2.41. The molecule has 0 bridgehead atoms. The molecule has 0 saturated carbocycles. The van der Waals surface area contributed by atoms with Crippen molar-refractivity contribution < 1.29 is 9.59 Å².